The van der Waals surface area contributed by atoms with Crippen LogP contribution >= 0.6 is 39.7 Å². The number of nitrogens with zero attached hydrogens (tertiary/aromatic N) is 2. The molecule has 1 aromatic heterocycles. The largest absolute Gasteiger partial charge is 0.318 e. The highest BCUT2D eigenvalue weighted by Crippen LogP contribution is 2.29. The number of carbonyl (C=O) groups excluding carboxylic acids is 2. The molecule has 0 saturated carbocycles. The molecule has 8 heteroatoms. The molecule has 1 fully saturated rings. The lowest BCUT2D eigenvalue weighted by Crippen LogP contribution is -2.54. The van der Waals surface area contributed by atoms with E-state index in [-0.39, 0.29) is 10.7 Å². The van der Waals surface area contributed by atoms with Crippen molar-refractivity contribution in [1.29, 1.82) is 0 Å². The van der Waals surface area contributed by atoms with Crippen molar-refractivity contribution in [2.45, 2.75) is 27.7 Å². The monoisotopic (exact) mass is 541 g/mol. The minimum atomic E-state index is -0.524. The van der Waals surface area contributed by atoms with Crippen molar-refractivity contribution in [3.05, 3.63) is 85.6 Å². The molecular weight excluding hydrogens is 522 g/mol. The van der Waals surface area contributed by atoms with Gasteiger partial charge in [0.1, 0.15) is 5.57 Å². The highest BCUT2D eigenvalue weighted by atomic mass is 79.9. The van der Waals surface area contributed by atoms with Gasteiger partial charge in [0.25, 0.3) is 11.8 Å². The van der Waals surface area contributed by atoms with Crippen LogP contribution in [0.2, 0.25) is 5.02 Å². The lowest BCUT2D eigenvalue weighted by Gasteiger charge is -2.29. The topological polar surface area (TPSA) is 54.3 Å². The van der Waals surface area contributed by atoms with Gasteiger partial charge in [0.15, 0.2) is 5.11 Å². The first-order chi connectivity index (χ1) is 15.6. The summed E-state index contributed by atoms with van der Waals surface area (Å²) in [6.45, 7) is 7.86. The van der Waals surface area contributed by atoms with Gasteiger partial charge in [-0.15, -0.1) is 0 Å². The van der Waals surface area contributed by atoms with Crippen LogP contribution in [-0.4, -0.2) is 21.5 Å². The molecule has 0 radical (unpaired) electrons. The number of carbonyl (C=O) groups is 2. The van der Waals surface area contributed by atoms with Crippen LogP contribution < -0.4 is 10.2 Å². The van der Waals surface area contributed by atoms with E-state index in [1.807, 2.05) is 45.9 Å². The van der Waals surface area contributed by atoms with Gasteiger partial charge in [-0.1, -0.05) is 33.6 Å². The van der Waals surface area contributed by atoms with E-state index in [9.17, 15) is 9.59 Å². The Labute approximate surface area is 211 Å². The van der Waals surface area contributed by atoms with Crippen molar-refractivity contribution in [1.82, 2.24) is 9.88 Å². The number of amides is 2. The highest BCUT2D eigenvalue weighted by molar-refractivity contribution is 9.10. The Kier molecular flexibility index (Phi) is 6.31. The maximum atomic E-state index is 13.4. The molecule has 1 aliphatic rings. The summed E-state index contributed by atoms with van der Waals surface area (Å²) < 4.78 is 3.13. The van der Waals surface area contributed by atoms with E-state index in [2.05, 4.69) is 31.9 Å². The van der Waals surface area contributed by atoms with Gasteiger partial charge < -0.3 is 4.57 Å². The second kappa shape index (κ2) is 8.89. The Bertz CT molecular complexity index is 1380. The summed E-state index contributed by atoms with van der Waals surface area (Å²) in [5.74, 6) is -1.02. The molecule has 2 heterocycles. The number of halogens is 2. The summed E-state index contributed by atoms with van der Waals surface area (Å²) in [7, 11) is 0. The summed E-state index contributed by atoms with van der Waals surface area (Å²) in [5, 5.41) is 3.16. The summed E-state index contributed by atoms with van der Waals surface area (Å²) in [4.78, 5) is 27.4. The molecule has 3 aromatic rings. The first kappa shape index (κ1) is 23.4. The number of aryl methyl sites for hydroxylation is 3. The summed E-state index contributed by atoms with van der Waals surface area (Å²) in [6.07, 6.45) is 1.62. The van der Waals surface area contributed by atoms with Crippen molar-refractivity contribution in [2.24, 2.45) is 0 Å². The van der Waals surface area contributed by atoms with Gasteiger partial charge in [-0.25, -0.2) is 0 Å². The maximum Gasteiger partial charge on any atom is 0.270 e. The lowest BCUT2D eigenvalue weighted by molar-refractivity contribution is -0.122. The van der Waals surface area contributed by atoms with Gasteiger partial charge in [-0.05, 0) is 99.1 Å². The van der Waals surface area contributed by atoms with Gasteiger partial charge in [0, 0.05) is 26.6 Å². The van der Waals surface area contributed by atoms with Gasteiger partial charge in [-0.2, -0.15) is 0 Å². The van der Waals surface area contributed by atoms with Crippen LogP contribution in [0.5, 0.6) is 0 Å². The Balaban J connectivity index is 1.77. The van der Waals surface area contributed by atoms with Crippen LogP contribution in [0.15, 0.2) is 52.5 Å². The molecule has 2 aromatic carbocycles. The van der Waals surface area contributed by atoms with E-state index >= 15 is 0 Å². The Morgan fingerprint density at radius 1 is 0.970 bits per heavy atom. The number of anilines is 1. The maximum absolute atomic E-state index is 13.4. The first-order valence-corrected chi connectivity index (χ1v) is 11.8. The second-order valence-corrected chi connectivity index (χ2v) is 9.63. The number of rotatable bonds is 3. The van der Waals surface area contributed by atoms with Gasteiger partial charge in [0.2, 0.25) is 0 Å². The molecule has 0 spiro atoms. The predicted molar refractivity (Wildman–Crippen MR) is 140 cm³/mol. The molecule has 33 heavy (non-hydrogen) atoms. The van der Waals surface area contributed by atoms with Crippen LogP contribution in [0.4, 0.5) is 5.69 Å². The molecule has 2 amide bonds. The average molecular weight is 543 g/mol. The van der Waals surface area contributed by atoms with Crippen LogP contribution in [-0.2, 0) is 9.59 Å². The zero-order chi connectivity index (χ0) is 24.0. The molecule has 0 atom stereocenters. The minimum absolute atomic E-state index is 0.00698. The number of benzene rings is 2. The van der Waals surface area contributed by atoms with E-state index in [1.165, 1.54) is 4.90 Å². The standard InChI is InChI=1S/C25H21BrClN3O2S/c1-13-5-6-19(12-22(13)27)30-24(32)20(23(31)28-25(30)33)11-17-10-15(3)29(16(17)4)18-7-8-21(26)14(2)9-18/h5-12H,1-4H3,(H,28,31,33)/b20-11+. The van der Waals surface area contributed by atoms with Crippen LogP contribution in [0, 0.1) is 27.7 Å². The fourth-order valence-electron chi connectivity index (χ4n) is 3.87. The zero-order valence-electron chi connectivity index (χ0n) is 18.5. The molecule has 0 aliphatic carbocycles. The quantitative estimate of drug-likeness (QED) is 0.252. The molecule has 0 bridgehead atoms. The highest BCUT2D eigenvalue weighted by Gasteiger charge is 2.35. The van der Waals surface area contributed by atoms with Gasteiger partial charge in [-0.3, -0.25) is 19.8 Å². The third kappa shape index (κ3) is 4.28. The van der Waals surface area contributed by atoms with Crippen molar-refractivity contribution in [3.8, 4) is 5.69 Å². The van der Waals surface area contributed by atoms with Crippen LogP contribution in [0.3, 0.4) is 0 Å². The minimum Gasteiger partial charge on any atom is -0.318 e. The molecular formula is C25H21BrClN3O2S. The van der Waals surface area contributed by atoms with E-state index in [4.69, 9.17) is 23.8 Å². The average Bonchev–Trinajstić information content (AvgIpc) is 3.03. The summed E-state index contributed by atoms with van der Waals surface area (Å²) in [5.41, 5.74) is 6.19. The van der Waals surface area contributed by atoms with Crippen LogP contribution in [0.1, 0.15) is 28.1 Å². The van der Waals surface area contributed by atoms with E-state index in [1.54, 1.807) is 24.3 Å². The van der Waals surface area contributed by atoms with Gasteiger partial charge in [0.05, 0.1) is 5.69 Å². The van der Waals surface area contributed by atoms with Crippen molar-refractivity contribution >= 4 is 68.4 Å². The van der Waals surface area contributed by atoms with E-state index in [0.717, 1.165) is 38.2 Å². The summed E-state index contributed by atoms with van der Waals surface area (Å²) in [6, 6.07) is 13.3. The Morgan fingerprint density at radius 3 is 2.33 bits per heavy atom. The Morgan fingerprint density at radius 2 is 1.67 bits per heavy atom. The number of thiocarbonyl (C=S) groups is 1. The Hall–Kier alpha value is -2.74. The third-order valence-electron chi connectivity index (χ3n) is 5.69. The molecule has 1 aliphatic heterocycles. The fourth-order valence-corrected chi connectivity index (χ4v) is 4.57. The fraction of sp³-hybridized carbons (Fsp3) is 0.160. The molecule has 5 nitrogen and oxygen atoms in total. The molecule has 0 unspecified atom stereocenters. The van der Waals surface area contributed by atoms with Gasteiger partial charge >= 0.3 is 0 Å². The molecule has 168 valence electrons. The van der Waals surface area contributed by atoms with Crippen molar-refractivity contribution < 1.29 is 9.59 Å². The number of hydrogen-bond donors (Lipinski definition) is 1. The number of hydrogen-bond acceptors (Lipinski definition) is 3. The SMILES string of the molecule is Cc1ccc(N2C(=O)/C(=C/c3cc(C)n(-c4ccc(Br)c(C)c4)c3C)C(=O)NC2=S)cc1Cl. The van der Waals surface area contributed by atoms with Crippen molar-refractivity contribution in [3.63, 3.8) is 0 Å². The molecule has 1 N–H and O–H groups in total. The summed E-state index contributed by atoms with van der Waals surface area (Å²) >= 11 is 15.1. The smallest absolute Gasteiger partial charge is 0.270 e. The third-order valence-corrected chi connectivity index (χ3v) is 7.27. The zero-order valence-corrected chi connectivity index (χ0v) is 21.7. The van der Waals surface area contributed by atoms with E-state index < -0.39 is 11.8 Å². The normalized spacial score (nSPS) is 15.4. The van der Waals surface area contributed by atoms with Crippen molar-refractivity contribution in [2.75, 3.05) is 4.90 Å². The van der Waals surface area contributed by atoms with Crippen LogP contribution in [0.25, 0.3) is 11.8 Å². The predicted octanol–water partition coefficient (Wildman–Crippen LogP) is 5.96. The number of nitrogens with one attached hydrogen (secondary N) is 1. The lowest BCUT2D eigenvalue weighted by atomic mass is 10.1. The number of aromatic nitrogens is 1. The first-order valence-electron chi connectivity index (χ1n) is 10.2. The molecule has 1 saturated heterocycles. The van der Waals surface area contributed by atoms with E-state index in [0.29, 0.717) is 10.7 Å². The molecule has 4 rings (SSSR count). The second-order valence-electron chi connectivity index (χ2n) is 7.99.